The normalized spacial score (nSPS) is 34.3. The van der Waals surface area contributed by atoms with Crippen LogP contribution < -0.4 is 5.32 Å². The third-order valence-electron chi connectivity index (χ3n) is 5.13. The summed E-state index contributed by atoms with van der Waals surface area (Å²) in [5, 5.41) is 3.80. The molecule has 1 unspecified atom stereocenters. The molecule has 2 saturated heterocycles. The van der Waals surface area contributed by atoms with Gasteiger partial charge in [0, 0.05) is 38.6 Å². The number of nitrogens with one attached hydrogen (secondary N) is 1. The molecule has 3 fully saturated rings. The van der Waals surface area contributed by atoms with E-state index in [1.807, 2.05) is 0 Å². The maximum atomic E-state index is 6.27. The Morgan fingerprint density at radius 3 is 2.33 bits per heavy atom. The van der Waals surface area contributed by atoms with E-state index in [9.17, 15) is 0 Å². The lowest BCUT2D eigenvalue weighted by Crippen LogP contribution is -2.62. The molecule has 2 heterocycles. The Morgan fingerprint density at radius 2 is 1.61 bits per heavy atom. The highest BCUT2D eigenvalue weighted by atomic mass is 16.5. The lowest BCUT2D eigenvalue weighted by Gasteiger charge is -2.49. The van der Waals surface area contributed by atoms with Crippen molar-refractivity contribution < 1.29 is 9.47 Å². The molecule has 3 rings (SSSR count). The van der Waals surface area contributed by atoms with Crippen LogP contribution in [0.3, 0.4) is 0 Å². The van der Waals surface area contributed by atoms with E-state index >= 15 is 0 Å². The van der Waals surface area contributed by atoms with Crippen LogP contribution in [-0.4, -0.2) is 38.0 Å². The molecule has 0 aromatic rings. The molecule has 1 saturated carbocycles. The van der Waals surface area contributed by atoms with Crippen molar-refractivity contribution >= 4 is 0 Å². The first-order valence-electron chi connectivity index (χ1n) is 7.86. The van der Waals surface area contributed by atoms with Crippen LogP contribution in [0.4, 0.5) is 0 Å². The molecule has 3 nitrogen and oxygen atoms in total. The molecule has 104 valence electrons. The van der Waals surface area contributed by atoms with E-state index in [1.165, 1.54) is 38.5 Å². The summed E-state index contributed by atoms with van der Waals surface area (Å²) in [6.45, 7) is 3.67. The van der Waals surface area contributed by atoms with E-state index in [0.717, 1.165) is 45.1 Å². The fourth-order valence-electron chi connectivity index (χ4n) is 4.16. The maximum Gasteiger partial charge on any atom is 0.0881 e. The molecule has 0 radical (unpaired) electrons. The molecular weight excluding hydrogens is 226 g/mol. The minimum absolute atomic E-state index is 0.0888. The van der Waals surface area contributed by atoms with Crippen molar-refractivity contribution in [2.45, 2.75) is 63.0 Å². The molecule has 3 heteroatoms. The molecule has 0 amide bonds. The molecule has 1 spiro atoms. The van der Waals surface area contributed by atoms with Crippen LogP contribution in [0.1, 0.15) is 51.4 Å². The van der Waals surface area contributed by atoms with Crippen molar-refractivity contribution in [3.05, 3.63) is 0 Å². The van der Waals surface area contributed by atoms with Gasteiger partial charge in [-0.15, -0.1) is 0 Å². The van der Waals surface area contributed by atoms with Crippen molar-refractivity contribution in [1.29, 1.82) is 0 Å². The SMILES string of the molecule is C1CCCC(C2NCCOC23CCOCC3)CC1. The first kappa shape index (κ1) is 12.9. The molecule has 2 aliphatic heterocycles. The molecule has 0 aromatic heterocycles. The van der Waals surface area contributed by atoms with Gasteiger partial charge in [-0.1, -0.05) is 25.7 Å². The number of ether oxygens (including phenoxy) is 2. The quantitative estimate of drug-likeness (QED) is 0.728. The summed E-state index contributed by atoms with van der Waals surface area (Å²) < 4.78 is 11.8. The van der Waals surface area contributed by atoms with Crippen LogP contribution in [0.15, 0.2) is 0 Å². The van der Waals surface area contributed by atoms with Gasteiger partial charge in [0.05, 0.1) is 12.2 Å². The Kier molecular flexibility index (Phi) is 4.22. The van der Waals surface area contributed by atoms with Crippen molar-refractivity contribution in [3.63, 3.8) is 0 Å². The largest absolute Gasteiger partial charge is 0.381 e. The van der Waals surface area contributed by atoms with Crippen LogP contribution in [0.25, 0.3) is 0 Å². The molecule has 1 aliphatic carbocycles. The van der Waals surface area contributed by atoms with Gasteiger partial charge in [-0.25, -0.2) is 0 Å². The standard InChI is InChI=1S/C15H27NO2/c1-2-4-6-13(5-3-1)14-15(18-12-9-16-14)7-10-17-11-8-15/h13-14,16H,1-12H2. The zero-order valence-electron chi connectivity index (χ0n) is 11.5. The summed E-state index contributed by atoms with van der Waals surface area (Å²) in [4.78, 5) is 0. The highest BCUT2D eigenvalue weighted by Gasteiger charge is 2.46. The zero-order valence-corrected chi connectivity index (χ0v) is 11.5. The van der Waals surface area contributed by atoms with E-state index in [1.54, 1.807) is 0 Å². The topological polar surface area (TPSA) is 30.5 Å². The highest BCUT2D eigenvalue weighted by molar-refractivity contribution is 5.00. The first-order chi connectivity index (χ1) is 8.91. The predicted molar refractivity (Wildman–Crippen MR) is 71.7 cm³/mol. The second-order valence-corrected chi connectivity index (χ2v) is 6.21. The third kappa shape index (κ3) is 2.59. The van der Waals surface area contributed by atoms with Gasteiger partial charge in [0.2, 0.25) is 0 Å². The van der Waals surface area contributed by atoms with Crippen LogP contribution in [0, 0.1) is 5.92 Å². The number of hydrogen-bond acceptors (Lipinski definition) is 3. The Labute approximate surface area is 111 Å². The van der Waals surface area contributed by atoms with Gasteiger partial charge in [-0.05, 0) is 18.8 Å². The van der Waals surface area contributed by atoms with Crippen molar-refractivity contribution in [2.24, 2.45) is 5.92 Å². The van der Waals surface area contributed by atoms with Gasteiger partial charge in [-0.2, -0.15) is 0 Å². The summed E-state index contributed by atoms with van der Waals surface area (Å²) in [6, 6.07) is 0.577. The average molecular weight is 253 g/mol. The van der Waals surface area contributed by atoms with E-state index in [-0.39, 0.29) is 5.60 Å². The lowest BCUT2D eigenvalue weighted by atomic mass is 9.75. The van der Waals surface area contributed by atoms with E-state index in [0.29, 0.717) is 6.04 Å². The molecule has 0 bridgehead atoms. The monoisotopic (exact) mass is 253 g/mol. The molecule has 18 heavy (non-hydrogen) atoms. The summed E-state index contributed by atoms with van der Waals surface area (Å²) in [6.07, 6.45) is 10.6. The maximum absolute atomic E-state index is 6.27. The summed E-state index contributed by atoms with van der Waals surface area (Å²) in [5.74, 6) is 0.825. The first-order valence-corrected chi connectivity index (χ1v) is 7.86. The molecular formula is C15H27NO2. The van der Waals surface area contributed by atoms with E-state index < -0.39 is 0 Å². The third-order valence-corrected chi connectivity index (χ3v) is 5.13. The number of rotatable bonds is 1. The molecule has 1 N–H and O–H groups in total. The van der Waals surface area contributed by atoms with Crippen molar-refractivity contribution in [2.75, 3.05) is 26.4 Å². The highest BCUT2D eigenvalue weighted by Crippen LogP contribution is 2.38. The average Bonchev–Trinajstić information content (AvgIpc) is 2.69. The van der Waals surface area contributed by atoms with E-state index in [2.05, 4.69) is 5.32 Å². The van der Waals surface area contributed by atoms with Gasteiger partial charge in [-0.3, -0.25) is 0 Å². The Bertz CT molecular complexity index is 247. The summed E-state index contributed by atoms with van der Waals surface area (Å²) in [7, 11) is 0. The number of morpholine rings is 1. The summed E-state index contributed by atoms with van der Waals surface area (Å²) in [5.41, 5.74) is 0.0888. The molecule has 1 atom stereocenters. The minimum atomic E-state index is 0.0888. The Morgan fingerprint density at radius 1 is 0.889 bits per heavy atom. The van der Waals surface area contributed by atoms with Crippen LogP contribution in [0.2, 0.25) is 0 Å². The Hall–Kier alpha value is -0.120. The summed E-state index contributed by atoms with van der Waals surface area (Å²) >= 11 is 0. The van der Waals surface area contributed by atoms with Gasteiger partial charge in [0.1, 0.15) is 0 Å². The van der Waals surface area contributed by atoms with Gasteiger partial charge >= 0.3 is 0 Å². The second kappa shape index (κ2) is 5.89. The van der Waals surface area contributed by atoms with E-state index in [4.69, 9.17) is 9.47 Å². The van der Waals surface area contributed by atoms with Gasteiger partial charge < -0.3 is 14.8 Å². The van der Waals surface area contributed by atoms with Gasteiger partial charge in [0.25, 0.3) is 0 Å². The van der Waals surface area contributed by atoms with Crippen molar-refractivity contribution in [3.8, 4) is 0 Å². The second-order valence-electron chi connectivity index (χ2n) is 6.21. The Balaban J connectivity index is 1.73. The molecule has 0 aromatic carbocycles. The van der Waals surface area contributed by atoms with Crippen LogP contribution >= 0.6 is 0 Å². The van der Waals surface area contributed by atoms with Crippen LogP contribution in [-0.2, 0) is 9.47 Å². The molecule has 3 aliphatic rings. The van der Waals surface area contributed by atoms with Crippen LogP contribution in [0.5, 0.6) is 0 Å². The smallest absolute Gasteiger partial charge is 0.0881 e. The fourth-order valence-corrected chi connectivity index (χ4v) is 4.16. The van der Waals surface area contributed by atoms with Crippen molar-refractivity contribution in [1.82, 2.24) is 5.32 Å². The minimum Gasteiger partial charge on any atom is -0.381 e. The predicted octanol–water partition coefficient (Wildman–Crippen LogP) is 2.49. The zero-order chi connectivity index (χ0) is 12.3. The van der Waals surface area contributed by atoms with Gasteiger partial charge in [0.15, 0.2) is 0 Å². The lowest BCUT2D eigenvalue weighted by molar-refractivity contribution is -0.159. The fraction of sp³-hybridized carbons (Fsp3) is 1.00. The number of hydrogen-bond donors (Lipinski definition) is 1.